The van der Waals surface area contributed by atoms with Gasteiger partial charge in [-0.15, -0.1) is 0 Å². The zero-order chi connectivity index (χ0) is 12.8. The highest BCUT2D eigenvalue weighted by Crippen LogP contribution is 2.14. The van der Waals surface area contributed by atoms with Crippen molar-refractivity contribution in [1.82, 2.24) is 4.90 Å². The molecule has 1 aliphatic heterocycles. The fraction of sp³-hybridized carbons (Fsp3) is 0.917. The van der Waals surface area contributed by atoms with Gasteiger partial charge in [-0.25, -0.2) is 0 Å². The van der Waals surface area contributed by atoms with Crippen molar-refractivity contribution in [1.29, 1.82) is 0 Å². The SMILES string of the molecule is CCCC[C@H](N)C(=O)N1CC(CO)OCC1C. The smallest absolute Gasteiger partial charge is 0.239 e. The van der Waals surface area contributed by atoms with E-state index in [0.29, 0.717) is 13.2 Å². The molecule has 0 aromatic carbocycles. The number of hydrogen-bond acceptors (Lipinski definition) is 4. The number of hydrogen-bond donors (Lipinski definition) is 2. The van der Waals surface area contributed by atoms with Crippen molar-refractivity contribution < 1.29 is 14.6 Å². The molecule has 100 valence electrons. The monoisotopic (exact) mass is 244 g/mol. The largest absolute Gasteiger partial charge is 0.394 e. The molecule has 0 aromatic heterocycles. The maximum absolute atomic E-state index is 12.1. The second-order valence-corrected chi connectivity index (χ2v) is 4.73. The molecule has 1 aliphatic rings. The van der Waals surface area contributed by atoms with E-state index in [9.17, 15) is 4.79 Å². The van der Waals surface area contributed by atoms with Gasteiger partial charge in [0.1, 0.15) is 0 Å². The average molecular weight is 244 g/mol. The molecule has 1 amide bonds. The van der Waals surface area contributed by atoms with Gasteiger partial charge in [0.15, 0.2) is 0 Å². The first kappa shape index (κ1) is 14.4. The molecule has 5 heteroatoms. The summed E-state index contributed by atoms with van der Waals surface area (Å²) in [4.78, 5) is 13.9. The van der Waals surface area contributed by atoms with Crippen LogP contribution >= 0.6 is 0 Å². The summed E-state index contributed by atoms with van der Waals surface area (Å²) in [6.45, 7) is 4.88. The normalized spacial score (nSPS) is 26.9. The maximum Gasteiger partial charge on any atom is 0.239 e. The Morgan fingerprint density at radius 2 is 2.35 bits per heavy atom. The predicted octanol–water partition coefficient (Wildman–Crippen LogP) is 0.112. The number of ether oxygens (including phenoxy) is 1. The number of aliphatic hydroxyl groups excluding tert-OH is 1. The van der Waals surface area contributed by atoms with E-state index in [4.69, 9.17) is 15.6 Å². The molecule has 1 fully saturated rings. The van der Waals surface area contributed by atoms with Crippen LogP contribution in [0.4, 0.5) is 0 Å². The second kappa shape index (κ2) is 6.93. The minimum Gasteiger partial charge on any atom is -0.394 e. The molecule has 3 N–H and O–H groups in total. The Morgan fingerprint density at radius 1 is 1.65 bits per heavy atom. The maximum atomic E-state index is 12.1. The summed E-state index contributed by atoms with van der Waals surface area (Å²) >= 11 is 0. The highest BCUT2D eigenvalue weighted by molar-refractivity contribution is 5.82. The van der Waals surface area contributed by atoms with Crippen LogP contribution in [0.5, 0.6) is 0 Å². The van der Waals surface area contributed by atoms with E-state index >= 15 is 0 Å². The topological polar surface area (TPSA) is 75.8 Å². The molecule has 5 nitrogen and oxygen atoms in total. The quantitative estimate of drug-likeness (QED) is 0.720. The first-order chi connectivity index (χ1) is 8.10. The Kier molecular flexibility index (Phi) is 5.88. The van der Waals surface area contributed by atoms with Crippen LogP contribution in [-0.2, 0) is 9.53 Å². The Hall–Kier alpha value is -0.650. The minimum atomic E-state index is -0.421. The molecule has 1 heterocycles. The summed E-state index contributed by atoms with van der Waals surface area (Å²) in [6, 6.07) is -0.382. The summed E-state index contributed by atoms with van der Waals surface area (Å²) in [5.41, 5.74) is 5.89. The zero-order valence-electron chi connectivity index (χ0n) is 10.8. The van der Waals surface area contributed by atoms with Crippen molar-refractivity contribution in [3.8, 4) is 0 Å². The molecule has 0 radical (unpaired) electrons. The van der Waals surface area contributed by atoms with E-state index in [1.807, 2.05) is 6.92 Å². The molecule has 0 aliphatic carbocycles. The molecule has 0 bridgehead atoms. The highest BCUT2D eigenvalue weighted by Gasteiger charge is 2.31. The molecule has 3 atom stereocenters. The Bertz CT molecular complexity index is 248. The van der Waals surface area contributed by atoms with E-state index in [1.54, 1.807) is 4.90 Å². The van der Waals surface area contributed by atoms with Gasteiger partial charge >= 0.3 is 0 Å². The van der Waals surface area contributed by atoms with Gasteiger partial charge in [-0.1, -0.05) is 19.8 Å². The zero-order valence-corrected chi connectivity index (χ0v) is 10.8. The Balaban J connectivity index is 2.53. The number of nitrogens with zero attached hydrogens (tertiary/aromatic N) is 1. The summed E-state index contributed by atoms with van der Waals surface area (Å²) in [5.74, 6) is -0.0206. The third-order valence-electron chi connectivity index (χ3n) is 3.18. The number of carbonyl (C=O) groups is 1. The van der Waals surface area contributed by atoms with Crippen molar-refractivity contribution in [3.05, 3.63) is 0 Å². The van der Waals surface area contributed by atoms with Gasteiger partial charge in [-0.2, -0.15) is 0 Å². The first-order valence-electron chi connectivity index (χ1n) is 6.38. The van der Waals surface area contributed by atoms with Crippen LogP contribution in [0.15, 0.2) is 0 Å². The second-order valence-electron chi connectivity index (χ2n) is 4.73. The number of amides is 1. The van der Waals surface area contributed by atoms with Crippen molar-refractivity contribution in [2.75, 3.05) is 19.8 Å². The van der Waals surface area contributed by atoms with Crippen LogP contribution in [0, 0.1) is 0 Å². The molecule has 1 rings (SSSR count). The average Bonchev–Trinajstić information content (AvgIpc) is 2.35. The van der Waals surface area contributed by atoms with Gasteiger partial charge < -0.3 is 20.5 Å². The summed E-state index contributed by atoms with van der Waals surface area (Å²) in [7, 11) is 0. The lowest BCUT2D eigenvalue weighted by atomic mass is 10.1. The molecule has 0 spiro atoms. The van der Waals surface area contributed by atoms with Crippen LogP contribution in [0.1, 0.15) is 33.1 Å². The molecular formula is C12H24N2O3. The van der Waals surface area contributed by atoms with E-state index in [0.717, 1.165) is 19.3 Å². The molecular weight excluding hydrogens is 220 g/mol. The summed E-state index contributed by atoms with van der Waals surface area (Å²) < 4.78 is 5.40. The van der Waals surface area contributed by atoms with Crippen LogP contribution in [0.2, 0.25) is 0 Å². The predicted molar refractivity (Wildman–Crippen MR) is 65.5 cm³/mol. The fourth-order valence-electron chi connectivity index (χ4n) is 2.00. The summed E-state index contributed by atoms with van der Waals surface area (Å²) in [5, 5.41) is 9.06. The molecule has 17 heavy (non-hydrogen) atoms. The third kappa shape index (κ3) is 3.94. The number of aliphatic hydroxyl groups is 1. The van der Waals surface area contributed by atoms with E-state index in [1.165, 1.54) is 0 Å². The lowest BCUT2D eigenvalue weighted by Gasteiger charge is -2.38. The summed E-state index contributed by atoms with van der Waals surface area (Å²) in [6.07, 6.45) is 2.46. The first-order valence-corrected chi connectivity index (χ1v) is 6.38. The van der Waals surface area contributed by atoms with E-state index in [-0.39, 0.29) is 24.7 Å². The van der Waals surface area contributed by atoms with Crippen molar-refractivity contribution >= 4 is 5.91 Å². The highest BCUT2D eigenvalue weighted by atomic mass is 16.5. The van der Waals surface area contributed by atoms with Crippen molar-refractivity contribution in [2.45, 2.75) is 51.3 Å². The van der Waals surface area contributed by atoms with Gasteiger partial charge in [0, 0.05) is 6.54 Å². The fourth-order valence-corrected chi connectivity index (χ4v) is 2.00. The number of unbranched alkanes of at least 4 members (excludes halogenated alkanes) is 1. The van der Waals surface area contributed by atoms with E-state index in [2.05, 4.69) is 6.92 Å². The van der Waals surface area contributed by atoms with Gasteiger partial charge in [0.25, 0.3) is 0 Å². The van der Waals surface area contributed by atoms with E-state index < -0.39 is 6.04 Å². The van der Waals surface area contributed by atoms with Gasteiger partial charge in [-0.3, -0.25) is 4.79 Å². The minimum absolute atomic E-state index is 0.0206. The standard InChI is InChI=1S/C12H24N2O3/c1-3-4-5-11(13)12(16)14-6-10(7-15)17-8-9(14)2/h9-11,15H,3-8,13H2,1-2H3/t9?,10?,11-/m0/s1. The van der Waals surface area contributed by atoms with Gasteiger partial charge in [-0.05, 0) is 13.3 Å². The number of rotatable bonds is 5. The molecule has 0 saturated carbocycles. The van der Waals surface area contributed by atoms with Crippen molar-refractivity contribution in [3.63, 3.8) is 0 Å². The van der Waals surface area contributed by atoms with Gasteiger partial charge in [0.05, 0.1) is 31.4 Å². The lowest BCUT2D eigenvalue weighted by Crippen LogP contribution is -2.56. The van der Waals surface area contributed by atoms with Crippen molar-refractivity contribution in [2.24, 2.45) is 5.73 Å². The molecule has 2 unspecified atom stereocenters. The Morgan fingerprint density at radius 3 is 2.94 bits per heavy atom. The molecule has 0 aromatic rings. The van der Waals surface area contributed by atoms with Crippen LogP contribution in [0.25, 0.3) is 0 Å². The lowest BCUT2D eigenvalue weighted by molar-refractivity contribution is -0.147. The number of nitrogens with two attached hydrogens (primary N) is 1. The number of carbonyl (C=O) groups excluding carboxylic acids is 1. The van der Waals surface area contributed by atoms with Gasteiger partial charge in [0.2, 0.25) is 5.91 Å². The van der Waals surface area contributed by atoms with Crippen LogP contribution in [-0.4, -0.2) is 53.9 Å². The van der Waals surface area contributed by atoms with Crippen LogP contribution in [0.3, 0.4) is 0 Å². The van der Waals surface area contributed by atoms with Crippen LogP contribution < -0.4 is 5.73 Å². The third-order valence-corrected chi connectivity index (χ3v) is 3.18. The molecule has 1 saturated heterocycles. The Labute approximate surface area is 103 Å². The number of morpholine rings is 1.